The molecule has 6 nitrogen and oxygen atoms in total. The number of benzene rings is 2. The summed E-state index contributed by atoms with van der Waals surface area (Å²) in [7, 11) is 1.63. The van der Waals surface area contributed by atoms with Gasteiger partial charge < -0.3 is 15.0 Å². The Morgan fingerprint density at radius 3 is 2.91 bits per heavy atom. The molecule has 1 aliphatic rings. The number of nitrogens with one attached hydrogen (secondary N) is 1. The van der Waals surface area contributed by atoms with E-state index in [1.807, 2.05) is 30.3 Å². The SMILES string of the molecule is COc1ccc(CNC(=O)[C@@H]2CCCN(c3ncnc4c3sc3cccc(F)c34)C2)cc1. The number of carbonyl (C=O) groups excluding carboxylic acids is 1. The van der Waals surface area contributed by atoms with Gasteiger partial charge in [0.25, 0.3) is 0 Å². The van der Waals surface area contributed by atoms with E-state index in [0.29, 0.717) is 24.0 Å². The van der Waals surface area contributed by atoms with Crippen LogP contribution >= 0.6 is 11.3 Å². The van der Waals surface area contributed by atoms with E-state index < -0.39 is 0 Å². The molecular formula is C24H23FN4O2S. The minimum Gasteiger partial charge on any atom is -0.497 e. The van der Waals surface area contributed by atoms with Crippen molar-refractivity contribution in [1.29, 1.82) is 0 Å². The summed E-state index contributed by atoms with van der Waals surface area (Å²) in [5.41, 5.74) is 1.66. The van der Waals surface area contributed by atoms with Crippen LogP contribution in [0.25, 0.3) is 20.3 Å². The van der Waals surface area contributed by atoms with Crippen LogP contribution in [-0.2, 0) is 11.3 Å². The van der Waals surface area contributed by atoms with Crippen LogP contribution in [0.4, 0.5) is 10.2 Å². The molecule has 1 fully saturated rings. The Morgan fingerprint density at radius 1 is 1.25 bits per heavy atom. The van der Waals surface area contributed by atoms with Crippen molar-refractivity contribution in [3.63, 3.8) is 0 Å². The van der Waals surface area contributed by atoms with E-state index in [-0.39, 0.29) is 17.6 Å². The van der Waals surface area contributed by atoms with Gasteiger partial charge in [-0.2, -0.15) is 0 Å². The lowest BCUT2D eigenvalue weighted by molar-refractivity contribution is -0.125. The quantitative estimate of drug-likeness (QED) is 0.484. The molecule has 164 valence electrons. The average Bonchev–Trinajstić information content (AvgIpc) is 3.23. The van der Waals surface area contributed by atoms with Gasteiger partial charge in [0.2, 0.25) is 5.91 Å². The van der Waals surface area contributed by atoms with Gasteiger partial charge in [0, 0.05) is 24.3 Å². The summed E-state index contributed by atoms with van der Waals surface area (Å²) in [4.78, 5) is 23.9. The minimum absolute atomic E-state index is 0.0400. The van der Waals surface area contributed by atoms with Crippen LogP contribution in [0.5, 0.6) is 5.75 Å². The molecule has 0 spiro atoms. The molecule has 32 heavy (non-hydrogen) atoms. The minimum atomic E-state index is -0.271. The number of anilines is 1. The van der Waals surface area contributed by atoms with Crippen molar-refractivity contribution < 1.29 is 13.9 Å². The zero-order valence-corrected chi connectivity index (χ0v) is 18.5. The summed E-state index contributed by atoms with van der Waals surface area (Å²) in [6.07, 6.45) is 3.22. The van der Waals surface area contributed by atoms with Gasteiger partial charge in [-0.3, -0.25) is 4.79 Å². The number of halogens is 1. The van der Waals surface area contributed by atoms with Crippen LogP contribution in [0.1, 0.15) is 18.4 Å². The number of methoxy groups -OCH3 is 1. The highest BCUT2D eigenvalue weighted by molar-refractivity contribution is 7.26. The topological polar surface area (TPSA) is 67.3 Å². The largest absolute Gasteiger partial charge is 0.497 e. The van der Waals surface area contributed by atoms with E-state index in [2.05, 4.69) is 20.2 Å². The summed E-state index contributed by atoms with van der Waals surface area (Å²) in [6.45, 7) is 1.87. The summed E-state index contributed by atoms with van der Waals surface area (Å²) >= 11 is 1.50. The lowest BCUT2D eigenvalue weighted by atomic mass is 9.97. The van der Waals surface area contributed by atoms with E-state index in [0.717, 1.165) is 45.9 Å². The molecule has 4 aromatic rings. The Morgan fingerprint density at radius 2 is 2.09 bits per heavy atom. The number of hydrogen-bond acceptors (Lipinski definition) is 6. The molecule has 1 N–H and O–H groups in total. The monoisotopic (exact) mass is 450 g/mol. The number of aromatic nitrogens is 2. The highest BCUT2D eigenvalue weighted by Crippen LogP contribution is 2.39. The van der Waals surface area contributed by atoms with Gasteiger partial charge in [-0.1, -0.05) is 18.2 Å². The molecule has 8 heteroatoms. The second-order valence-corrected chi connectivity index (χ2v) is 8.99. The van der Waals surface area contributed by atoms with Gasteiger partial charge in [0.1, 0.15) is 23.7 Å². The number of thiophene rings is 1. The fraction of sp³-hybridized carbons (Fsp3) is 0.292. The van der Waals surface area contributed by atoms with Crippen molar-refractivity contribution in [3.8, 4) is 5.75 Å². The third-order valence-corrected chi connectivity index (χ3v) is 7.07. The highest BCUT2D eigenvalue weighted by Gasteiger charge is 2.28. The van der Waals surface area contributed by atoms with Crippen LogP contribution < -0.4 is 15.0 Å². The van der Waals surface area contributed by atoms with Crippen molar-refractivity contribution in [3.05, 3.63) is 60.2 Å². The molecule has 1 saturated heterocycles. The average molecular weight is 451 g/mol. The van der Waals surface area contributed by atoms with Gasteiger partial charge >= 0.3 is 0 Å². The van der Waals surface area contributed by atoms with Gasteiger partial charge in [0.15, 0.2) is 0 Å². The molecule has 0 bridgehead atoms. The predicted molar refractivity (Wildman–Crippen MR) is 125 cm³/mol. The van der Waals surface area contributed by atoms with Crippen LogP contribution in [0.15, 0.2) is 48.8 Å². The van der Waals surface area contributed by atoms with Gasteiger partial charge in [-0.15, -0.1) is 11.3 Å². The maximum Gasteiger partial charge on any atom is 0.225 e. The fourth-order valence-corrected chi connectivity index (χ4v) is 5.44. The fourth-order valence-electron chi connectivity index (χ4n) is 4.25. The van der Waals surface area contributed by atoms with Crippen LogP contribution in [0.3, 0.4) is 0 Å². The molecule has 0 aliphatic carbocycles. The first-order valence-electron chi connectivity index (χ1n) is 10.6. The third kappa shape index (κ3) is 3.86. The summed E-state index contributed by atoms with van der Waals surface area (Å²) in [5.74, 6) is 1.22. The molecule has 0 saturated carbocycles. The molecule has 0 unspecified atom stereocenters. The van der Waals surface area contributed by atoms with E-state index in [1.54, 1.807) is 13.2 Å². The first kappa shape index (κ1) is 20.6. The second kappa shape index (κ2) is 8.70. The Hall–Kier alpha value is -3.26. The molecule has 2 aromatic heterocycles. The lowest BCUT2D eigenvalue weighted by Gasteiger charge is -2.33. The number of rotatable bonds is 5. The van der Waals surface area contributed by atoms with Crippen molar-refractivity contribution in [1.82, 2.24) is 15.3 Å². The molecule has 1 aliphatic heterocycles. The predicted octanol–water partition coefficient (Wildman–Crippen LogP) is 4.53. The lowest BCUT2D eigenvalue weighted by Crippen LogP contribution is -2.43. The normalized spacial score (nSPS) is 16.4. The Kier molecular flexibility index (Phi) is 5.61. The number of piperidine rings is 1. The second-order valence-electron chi connectivity index (χ2n) is 7.94. The molecule has 3 heterocycles. The van der Waals surface area contributed by atoms with E-state index in [4.69, 9.17) is 4.74 Å². The number of amides is 1. The number of nitrogens with zero attached hydrogens (tertiary/aromatic N) is 3. The van der Waals surface area contributed by atoms with Crippen molar-refractivity contribution >= 4 is 43.4 Å². The Bertz CT molecular complexity index is 1270. The first-order chi connectivity index (χ1) is 15.6. The van der Waals surface area contributed by atoms with Crippen molar-refractivity contribution in [2.75, 3.05) is 25.1 Å². The van der Waals surface area contributed by atoms with Gasteiger partial charge in [0.05, 0.1) is 28.6 Å². The van der Waals surface area contributed by atoms with E-state index >= 15 is 0 Å². The maximum atomic E-state index is 14.4. The smallest absolute Gasteiger partial charge is 0.225 e. The van der Waals surface area contributed by atoms with E-state index in [9.17, 15) is 9.18 Å². The standard InChI is InChI=1S/C24H23FN4O2S/c1-31-17-9-7-15(8-10-17)12-26-24(30)16-4-3-11-29(13-16)23-22-21(27-14-28-23)20-18(25)5-2-6-19(20)32-22/h2,5-10,14,16H,3-4,11-13H2,1H3,(H,26,30)/t16-/m1/s1. The van der Waals surface area contributed by atoms with Crippen molar-refractivity contribution in [2.45, 2.75) is 19.4 Å². The van der Waals surface area contributed by atoms with Crippen LogP contribution in [-0.4, -0.2) is 36.1 Å². The Balaban J connectivity index is 1.33. The third-order valence-electron chi connectivity index (χ3n) is 5.93. The van der Waals surface area contributed by atoms with E-state index in [1.165, 1.54) is 23.7 Å². The first-order valence-corrected chi connectivity index (χ1v) is 11.4. The number of fused-ring (bicyclic) bond motifs is 3. The number of ether oxygens (including phenoxy) is 1. The molecule has 2 aromatic carbocycles. The van der Waals surface area contributed by atoms with Gasteiger partial charge in [-0.05, 0) is 42.7 Å². The molecular weight excluding hydrogens is 427 g/mol. The summed E-state index contributed by atoms with van der Waals surface area (Å²) in [5, 5.41) is 3.60. The van der Waals surface area contributed by atoms with Gasteiger partial charge in [-0.25, -0.2) is 14.4 Å². The summed E-state index contributed by atoms with van der Waals surface area (Å²) < 4.78 is 21.3. The van der Waals surface area contributed by atoms with Crippen molar-refractivity contribution in [2.24, 2.45) is 5.92 Å². The summed E-state index contributed by atoms with van der Waals surface area (Å²) in [6, 6.07) is 12.7. The van der Waals surface area contributed by atoms with Crippen LogP contribution in [0, 0.1) is 11.7 Å². The Labute approximate surface area is 189 Å². The molecule has 5 rings (SSSR count). The number of carbonyl (C=O) groups is 1. The van der Waals surface area contributed by atoms with Crippen LogP contribution in [0.2, 0.25) is 0 Å². The molecule has 1 amide bonds. The zero-order chi connectivity index (χ0) is 22.1. The highest BCUT2D eigenvalue weighted by atomic mass is 32.1. The maximum absolute atomic E-state index is 14.4. The number of hydrogen-bond donors (Lipinski definition) is 1. The molecule has 0 radical (unpaired) electrons. The molecule has 1 atom stereocenters. The zero-order valence-electron chi connectivity index (χ0n) is 17.7.